The number of aromatic nitrogens is 6. The van der Waals surface area contributed by atoms with Crippen LogP contribution in [0.15, 0.2) is 426 Å². The summed E-state index contributed by atoms with van der Waals surface area (Å²) in [6.45, 7) is 0. The fourth-order valence-corrected chi connectivity index (χ4v) is 17.7. The van der Waals surface area contributed by atoms with Gasteiger partial charge in [-0.15, -0.1) is 0 Å². The molecule has 0 atom stereocenters. The molecule has 3 aromatic heterocycles. The molecule has 8 N–H and O–H groups in total. The third-order valence-corrected chi connectivity index (χ3v) is 26.6. The Balaban J connectivity index is 0.000000150. The van der Waals surface area contributed by atoms with Crippen LogP contribution in [-0.2, 0) is 6.42 Å². The molecule has 20 aromatic rings. The number of nitrogen functional groups attached to an aromatic ring is 1. The molecule has 0 saturated carbocycles. The number of nitrogens with zero attached hydrogens (tertiary/aromatic N) is 6. The molecule has 0 aliphatic carbocycles. The van der Waals surface area contributed by atoms with Gasteiger partial charge in [0.15, 0.2) is 5.78 Å². The van der Waals surface area contributed by atoms with Crippen LogP contribution in [-0.4, -0.2) is 62.0 Å². The molecule has 0 spiro atoms. The molecule has 694 valence electrons. The SMILES string of the molecule is Brc1ccc(-n2c(-c3cc(-c4nc5ccccc5n4-c4ccc(Br)cc4)cc(-c4nc5ccccc5n4-c4ccc(Br)cc4)c3)nc3ccccc32)cc1.Nc1ccccc1Nc1ccc(Br)cc1.O=C(Cc1ccccc1Nc1ccc(Br)cc1)c1cc(C(=O)Nc2ccccc2Nc2ccc(Br)cc2)cc(C(=O)Nc2ccccc2Nc2ccc(Br)cc2)c1.O=C(Cl)c1cc(C(=O)Cl)cc(C(=O)Cl)c1. The number of hydrogen-bond acceptors (Lipinski definition) is 14. The number of amides is 2. The van der Waals surface area contributed by atoms with Gasteiger partial charge in [0.1, 0.15) is 17.5 Å². The Hall–Kier alpha value is -14.0. The number of nitrogens with two attached hydrogens (primary N) is 1. The van der Waals surface area contributed by atoms with E-state index in [1.807, 2.05) is 200 Å². The zero-order valence-corrected chi connectivity index (χ0v) is 87.1. The average molecular weight is 2360 g/mol. The van der Waals surface area contributed by atoms with E-state index >= 15 is 0 Å². The van der Waals surface area contributed by atoms with Crippen LogP contribution < -0.4 is 37.6 Å². The van der Waals surface area contributed by atoms with E-state index in [1.165, 1.54) is 36.4 Å². The first kappa shape index (κ1) is 98.6. The second kappa shape index (κ2) is 45.5. The summed E-state index contributed by atoms with van der Waals surface area (Å²) in [5.74, 6) is 1.22. The highest BCUT2D eigenvalue weighted by molar-refractivity contribution is 9.11. The third-order valence-electron chi connectivity index (χ3n) is 22.2. The molecule has 3 heterocycles. The smallest absolute Gasteiger partial charge is 0.255 e. The van der Waals surface area contributed by atoms with Crippen molar-refractivity contribution in [1.82, 2.24) is 28.7 Å². The fourth-order valence-electron chi connectivity index (χ4n) is 15.5. The summed E-state index contributed by atoms with van der Waals surface area (Å²) in [4.78, 5) is 90.8. The normalized spacial score (nSPS) is 10.9. The number of hydrogen-bond donors (Lipinski definition) is 7. The molecule has 0 aliphatic rings. The quantitative estimate of drug-likeness (QED) is 0.0169. The monoisotopic (exact) mass is 2350 g/mol. The van der Waals surface area contributed by atoms with Gasteiger partial charge < -0.3 is 37.6 Å². The maximum Gasteiger partial charge on any atom is 0.255 e. The van der Waals surface area contributed by atoms with Gasteiger partial charge in [-0.3, -0.25) is 42.5 Å². The van der Waals surface area contributed by atoms with Crippen molar-refractivity contribution in [3.63, 3.8) is 0 Å². The number of benzene rings is 17. The number of nitrogens with one attached hydrogen (secondary N) is 6. The van der Waals surface area contributed by atoms with Gasteiger partial charge in [-0.05, 0) is 344 Å². The number of carbonyl (C=O) groups excluding carboxylic acids is 6. The first-order chi connectivity index (χ1) is 68.3. The molecule has 17 aromatic carbocycles. The summed E-state index contributed by atoms with van der Waals surface area (Å²) in [5, 5.41) is 16.9. The first-order valence-corrected chi connectivity index (χ1v) is 50.1. The largest absolute Gasteiger partial charge is 0.397 e. The number of rotatable bonds is 24. The predicted octanol–water partition coefficient (Wildman–Crippen LogP) is 32.7. The van der Waals surface area contributed by atoms with Gasteiger partial charge in [0.05, 0.1) is 67.2 Å². The molecule has 141 heavy (non-hydrogen) atoms. The molecule has 0 bridgehead atoms. The van der Waals surface area contributed by atoms with Crippen molar-refractivity contribution in [2.24, 2.45) is 0 Å². The van der Waals surface area contributed by atoms with Crippen molar-refractivity contribution >= 4 is 275 Å². The molecular formula is C112H75Br7Cl3N13O6. The fraction of sp³-hybridized carbons (Fsp3) is 0.00893. The second-order valence-corrected chi connectivity index (χ2v) is 39.2. The van der Waals surface area contributed by atoms with Gasteiger partial charge in [0, 0.05) is 133 Å². The maximum absolute atomic E-state index is 14.2. The average Bonchev–Trinajstić information content (AvgIpc) is 1.59. The molecule has 0 fully saturated rings. The molecule has 0 aliphatic heterocycles. The van der Waals surface area contributed by atoms with E-state index < -0.39 is 27.5 Å². The van der Waals surface area contributed by atoms with Gasteiger partial charge in [-0.2, -0.15) is 0 Å². The maximum atomic E-state index is 14.2. The van der Waals surface area contributed by atoms with Crippen molar-refractivity contribution in [2.75, 3.05) is 37.6 Å². The minimum Gasteiger partial charge on any atom is -0.397 e. The van der Waals surface area contributed by atoms with Crippen molar-refractivity contribution in [3.8, 4) is 51.2 Å². The topological polar surface area (TPSA) is 254 Å². The lowest BCUT2D eigenvalue weighted by atomic mass is 9.97. The summed E-state index contributed by atoms with van der Waals surface area (Å²) in [7, 11) is 0. The molecule has 29 heteroatoms. The minimum absolute atomic E-state index is 0.00725. The molecule has 0 unspecified atom stereocenters. The lowest BCUT2D eigenvalue weighted by Crippen LogP contribution is -2.18. The number of imidazole rings is 3. The zero-order valence-electron chi connectivity index (χ0n) is 73.7. The number of para-hydroxylation sites is 13. The summed E-state index contributed by atoms with van der Waals surface area (Å²) in [5.41, 5.74) is 27.1. The van der Waals surface area contributed by atoms with Gasteiger partial charge >= 0.3 is 0 Å². The standard InChI is InChI=1S/C46H34Br3N5O3.C45H27Br3N6.C12H11BrN2.C9H3Cl3O3/c47-33-13-19-36(20-14-33)50-39-8-2-1-7-29(39)28-44(55)30-25-31(45(56)53-42-11-5-3-9-40(42)51-37-21-15-34(48)16-22-37)27-32(26-30)46(57)54-43-12-6-4-10-41(43)52-38-23-17-35(49)18-24-38;46-31-13-19-34(20-14-31)52-40-10-4-1-7-37(40)49-43(52)28-25-29(44-50-38-8-2-5-11-41(38)53(44)35-21-15-32(47)16-22-35)27-30(26-28)45-51-39-9-3-6-12-42(39)54(45)36-23-17-33(48)18-24-36;13-9-5-7-10(8-6-9)15-12-4-2-1-3-11(12)14;10-7(13)4-1-5(8(11)14)3-6(2-4)9(12)15/h1-27,50-52H,28H2,(H,53,56)(H,54,57);1-27H;1-8,15H,14H2;1-3H. The Morgan fingerprint density at radius 2 is 0.511 bits per heavy atom. The number of anilines is 11. The lowest BCUT2D eigenvalue weighted by molar-refractivity contribution is 0.0991. The molecule has 19 nitrogen and oxygen atoms in total. The Kier molecular flexibility index (Phi) is 31.8. The van der Waals surface area contributed by atoms with Crippen LogP contribution in [0.1, 0.15) is 67.7 Å². The van der Waals surface area contributed by atoms with Gasteiger partial charge in [0.2, 0.25) is 0 Å². The molecule has 0 radical (unpaired) electrons. The highest BCUT2D eigenvalue weighted by Crippen LogP contribution is 2.42. The summed E-state index contributed by atoms with van der Waals surface area (Å²) >= 11 is 40.3. The molecular weight excluding hydrogens is 2290 g/mol. The van der Waals surface area contributed by atoms with Crippen LogP contribution >= 0.6 is 146 Å². The van der Waals surface area contributed by atoms with Gasteiger partial charge in [-0.25, -0.2) is 15.0 Å². The number of fused-ring (bicyclic) bond motifs is 3. The van der Waals surface area contributed by atoms with Crippen LogP contribution in [0.3, 0.4) is 0 Å². The number of Topliss-reactive ketones (excluding diaryl/α,β-unsaturated/α-hetero) is 1. The van der Waals surface area contributed by atoms with E-state index in [4.69, 9.17) is 55.5 Å². The number of halogens is 10. The lowest BCUT2D eigenvalue weighted by Gasteiger charge is -2.16. The Morgan fingerprint density at radius 1 is 0.262 bits per heavy atom. The van der Waals surface area contributed by atoms with E-state index in [9.17, 15) is 28.8 Å². The van der Waals surface area contributed by atoms with Crippen LogP contribution in [0.4, 0.5) is 62.6 Å². The molecule has 20 rings (SSSR count). The highest BCUT2D eigenvalue weighted by atomic mass is 79.9. The summed E-state index contributed by atoms with van der Waals surface area (Å²) < 4.78 is 13.7. The second-order valence-electron chi connectivity index (χ2n) is 31.8. The zero-order chi connectivity index (χ0) is 98.3. The molecule has 0 saturated heterocycles. The van der Waals surface area contributed by atoms with E-state index in [1.54, 1.807) is 12.1 Å². The van der Waals surface area contributed by atoms with E-state index in [2.05, 4.69) is 303 Å². The molecule has 2 amide bonds. The summed E-state index contributed by atoms with van der Waals surface area (Å²) in [6.07, 6.45) is 0.0196. The summed E-state index contributed by atoms with van der Waals surface area (Å²) in [6, 6.07) is 126. The number of carbonyl (C=O) groups is 6. The minimum atomic E-state index is -0.797. The van der Waals surface area contributed by atoms with E-state index in [0.717, 1.165) is 161 Å². The van der Waals surface area contributed by atoms with Crippen molar-refractivity contribution in [3.05, 3.63) is 465 Å². The van der Waals surface area contributed by atoms with E-state index in [-0.39, 0.29) is 45.6 Å². The van der Waals surface area contributed by atoms with E-state index in [0.29, 0.717) is 22.7 Å². The van der Waals surface area contributed by atoms with Gasteiger partial charge in [0.25, 0.3) is 27.5 Å². The van der Waals surface area contributed by atoms with Crippen LogP contribution in [0.2, 0.25) is 0 Å². The predicted molar refractivity (Wildman–Crippen MR) is 597 cm³/mol. The Morgan fingerprint density at radius 3 is 0.830 bits per heavy atom. The van der Waals surface area contributed by atoms with Crippen molar-refractivity contribution in [2.45, 2.75) is 6.42 Å². The van der Waals surface area contributed by atoms with Crippen LogP contribution in [0.25, 0.3) is 84.3 Å². The number of ketones is 1. The third kappa shape index (κ3) is 24.5. The van der Waals surface area contributed by atoms with Crippen LogP contribution in [0.5, 0.6) is 0 Å². The van der Waals surface area contributed by atoms with Crippen molar-refractivity contribution < 1.29 is 28.8 Å². The highest BCUT2D eigenvalue weighted by Gasteiger charge is 2.26. The van der Waals surface area contributed by atoms with Crippen LogP contribution in [0, 0.1) is 0 Å². The van der Waals surface area contributed by atoms with Gasteiger partial charge in [-0.1, -0.05) is 203 Å². The first-order valence-electron chi connectivity index (χ1n) is 43.5. The van der Waals surface area contributed by atoms with Crippen molar-refractivity contribution in [1.29, 1.82) is 0 Å². The Labute approximate surface area is 883 Å². The Bertz CT molecular complexity index is 7390.